The van der Waals surface area contributed by atoms with Gasteiger partial charge in [-0.1, -0.05) is 6.07 Å². The molecule has 0 aromatic heterocycles. The van der Waals surface area contributed by atoms with Crippen molar-refractivity contribution >= 4 is 24.2 Å². The Balaban J connectivity index is 2.40. The van der Waals surface area contributed by atoms with E-state index in [1.165, 1.54) is 0 Å². The van der Waals surface area contributed by atoms with Crippen LogP contribution >= 0.6 is 12.6 Å². The Kier molecular flexibility index (Phi) is 3.07. The summed E-state index contributed by atoms with van der Waals surface area (Å²) in [6, 6.07) is 5.68. The van der Waals surface area contributed by atoms with E-state index in [9.17, 15) is 4.79 Å². The first-order valence-corrected chi connectivity index (χ1v) is 5.56. The minimum Gasteiger partial charge on any atom is -0.482 e. The standard InChI is InChI=1S/C11H14N2O2S/c1-13-8-4-7(10(16)5-12)2-3-9(8)15-6-11(13)14/h2-4,10,16H,5-6,12H2,1H3. The number of carbonyl (C=O) groups is 1. The molecule has 0 fully saturated rings. The lowest BCUT2D eigenvalue weighted by atomic mass is 10.1. The molecule has 0 radical (unpaired) electrons. The van der Waals surface area contributed by atoms with Crippen LogP contribution in [0.2, 0.25) is 0 Å². The Hall–Kier alpha value is -1.20. The van der Waals surface area contributed by atoms with E-state index < -0.39 is 0 Å². The monoisotopic (exact) mass is 238 g/mol. The zero-order valence-electron chi connectivity index (χ0n) is 9.01. The number of amides is 1. The van der Waals surface area contributed by atoms with Crippen LogP contribution in [0.5, 0.6) is 5.75 Å². The first-order chi connectivity index (χ1) is 7.63. The van der Waals surface area contributed by atoms with Crippen molar-refractivity contribution in [1.29, 1.82) is 0 Å². The number of likely N-dealkylation sites (N-methyl/N-ethyl adjacent to an activating group) is 1. The van der Waals surface area contributed by atoms with Crippen LogP contribution in [-0.2, 0) is 4.79 Å². The highest BCUT2D eigenvalue weighted by Crippen LogP contribution is 2.34. The van der Waals surface area contributed by atoms with Gasteiger partial charge in [-0.05, 0) is 17.7 Å². The maximum atomic E-state index is 11.5. The molecule has 2 N–H and O–H groups in total. The molecule has 2 rings (SSSR count). The number of anilines is 1. The van der Waals surface area contributed by atoms with E-state index in [0.29, 0.717) is 6.54 Å². The molecule has 1 aromatic carbocycles. The summed E-state index contributed by atoms with van der Waals surface area (Å²) in [4.78, 5) is 13.1. The average molecular weight is 238 g/mol. The molecule has 1 aliphatic heterocycles. The summed E-state index contributed by atoms with van der Waals surface area (Å²) in [6.07, 6.45) is 0. The van der Waals surface area contributed by atoms with E-state index in [-0.39, 0.29) is 17.8 Å². The van der Waals surface area contributed by atoms with Crippen molar-refractivity contribution in [3.8, 4) is 5.75 Å². The Morgan fingerprint density at radius 1 is 1.62 bits per heavy atom. The van der Waals surface area contributed by atoms with Crippen LogP contribution in [0.3, 0.4) is 0 Å². The molecule has 16 heavy (non-hydrogen) atoms. The SMILES string of the molecule is CN1C(=O)COc2ccc(C(S)CN)cc21. The second-order valence-corrected chi connectivity index (χ2v) is 4.34. The van der Waals surface area contributed by atoms with Crippen molar-refractivity contribution in [2.45, 2.75) is 5.25 Å². The van der Waals surface area contributed by atoms with Crippen LogP contribution in [0.4, 0.5) is 5.69 Å². The number of rotatable bonds is 2. The van der Waals surface area contributed by atoms with Gasteiger partial charge < -0.3 is 15.4 Å². The molecule has 0 saturated carbocycles. The van der Waals surface area contributed by atoms with Gasteiger partial charge in [0.1, 0.15) is 5.75 Å². The Bertz CT molecular complexity index is 422. The highest BCUT2D eigenvalue weighted by molar-refractivity contribution is 7.80. The second kappa shape index (κ2) is 4.35. The minimum absolute atomic E-state index is 0.0178. The van der Waals surface area contributed by atoms with Gasteiger partial charge in [-0.3, -0.25) is 4.79 Å². The number of benzene rings is 1. The third-order valence-electron chi connectivity index (χ3n) is 2.68. The maximum Gasteiger partial charge on any atom is 0.264 e. The van der Waals surface area contributed by atoms with Crippen LogP contribution in [0.25, 0.3) is 0 Å². The van der Waals surface area contributed by atoms with Crippen molar-refractivity contribution in [3.05, 3.63) is 23.8 Å². The first kappa shape index (κ1) is 11.3. The zero-order chi connectivity index (χ0) is 11.7. The summed E-state index contributed by atoms with van der Waals surface area (Å²) in [6.45, 7) is 0.560. The molecule has 0 bridgehead atoms. The summed E-state index contributed by atoms with van der Waals surface area (Å²) in [5.41, 5.74) is 7.33. The molecule has 4 nitrogen and oxygen atoms in total. The third-order valence-corrected chi connectivity index (χ3v) is 3.19. The van der Waals surface area contributed by atoms with Gasteiger partial charge in [-0.2, -0.15) is 12.6 Å². The van der Waals surface area contributed by atoms with Crippen molar-refractivity contribution in [1.82, 2.24) is 0 Å². The fourth-order valence-electron chi connectivity index (χ4n) is 1.63. The van der Waals surface area contributed by atoms with Crippen LogP contribution < -0.4 is 15.4 Å². The van der Waals surface area contributed by atoms with Gasteiger partial charge in [0.15, 0.2) is 6.61 Å². The molecule has 1 aromatic rings. The van der Waals surface area contributed by atoms with E-state index in [1.807, 2.05) is 18.2 Å². The number of hydrogen-bond acceptors (Lipinski definition) is 4. The minimum atomic E-state index is -0.0480. The number of nitrogens with zero attached hydrogens (tertiary/aromatic N) is 1. The van der Waals surface area contributed by atoms with Crippen LogP contribution in [-0.4, -0.2) is 26.1 Å². The summed E-state index contributed by atoms with van der Waals surface area (Å²) < 4.78 is 5.33. The predicted octanol–water partition coefficient (Wildman–Crippen LogP) is 0.971. The topological polar surface area (TPSA) is 55.6 Å². The molecule has 5 heteroatoms. The van der Waals surface area contributed by atoms with Gasteiger partial charge in [-0.15, -0.1) is 0 Å². The fraction of sp³-hybridized carbons (Fsp3) is 0.364. The second-order valence-electron chi connectivity index (χ2n) is 3.72. The lowest BCUT2D eigenvalue weighted by molar-refractivity contribution is -0.120. The molecule has 0 aliphatic carbocycles. The molecular weight excluding hydrogens is 224 g/mol. The zero-order valence-corrected chi connectivity index (χ0v) is 9.91. The van der Waals surface area contributed by atoms with Crippen LogP contribution in [0, 0.1) is 0 Å². The number of thiol groups is 1. The van der Waals surface area contributed by atoms with E-state index in [2.05, 4.69) is 12.6 Å². The highest BCUT2D eigenvalue weighted by atomic mass is 32.1. The van der Waals surface area contributed by atoms with Gasteiger partial charge >= 0.3 is 0 Å². The molecule has 1 unspecified atom stereocenters. The Labute approximate surface area is 99.8 Å². The molecule has 1 amide bonds. The van der Waals surface area contributed by atoms with Crippen LogP contribution in [0.1, 0.15) is 10.8 Å². The molecule has 0 spiro atoms. The number of nitrogens with two attached hydrogens (primary N) is 1. The molecular formula is C11H14N2O2S. The van der Waals surface area contributed by atoms with Gasteiger partial charge in [0, 0.05) is 18.8 Å². The van der Waals surface area contributed by atoms with Gasteiger partial charge in [-0.25, -0.2) is 0 Å². The summed E-state index contributed by atoms with van der Waals surface area (Å²) in [5.74, 6) is 0.677. The van der Waals surface area contributed by atoms with E-state index in [4.69, 9.17) is 10.5 Å². The van der Waals surface area contributed by atoms with E-state index >= 15 is 0 Å². The Morgan fingerprint density at radius 3 is 3.06 bits per heavy atom. The van der Waals surface area contributed by atoms with Crippen molar-refractivity contribution in [3.63, 3.8) is 0 Å². The van der Waals surface area contributed by atoms with E-state index in [0.717, 1.165) is 17.0 Å². The lowest BCUT2D eigenvalue weighted by Gasteiger charge is -2.26. The molecule has 0 saturated heterocycles. The van der Waals surface area contributed by atoms with Gasteiger partial charge in [0.2, 0.25) is 0 Å². The average Bonchev–Trinajstić information content (AvgIpc) is 2.32. The predicted molar refractivity (Wildman–Crippen MR) is 66.1 cm³/mol. The summed E-state index contributed by atoms with van der Waals surface area (Å²) >= 11 is 4.37. The Morgan fingerprint density at radius 2 is 2.38 bits per heavy atom. The lowest BCUT2D eigenvalue weighted by Crippen LogP contribution is -2.35. The van der Waals surface area contributed by atoms with Crippen molar-refractivity contribution in [2.75, 3.05) is 25.1 Å². The number of carbonyl (C=O) groups excluding carboxylic acids is 1. The van der Waals surface area contributed by atoms with E-state index in [1.54, 1.807) is 11.9 Å². The highest BCUT2D eigenvalue weighted by Gasteiger charge is 2.22. The largest absolute Gasteiger partial charge is 0.482 e. The third kappa shape index (κ3) is 1.88. The van der Waals surface area contributed by atoms with Gasteiger partial charge in [0.25, 0.3) is 5.91 Å². The fourth-order valence-corrected chi connectivity index (χ4v) is 1.79. The van der Waals surface area contributed by atoms with Crippen molar-refractivity contribution < 1.29 is 9.53 Å². The molecule has 1 aliphatic rings. The molecule has 1 atom stereocenters. The quantitative estimate of drug-likeness (QED) is 0.755. The first-order valence-electron chi connectivity index (χ1n) is 5.05. The van der Waals surface area contributed by atoms with Crippen molar-refractivity contribution in [2.24, 2.45) is 5.73 Å². The number of ether oxygens (including phenoxy) is 1. The molecule has 86 valence electrons. The summed E-state index contributed by atoms with van der Waals surface area (Å²) in [7, 11) is 1.74. The summed E-state index contributed by atoms with van der Waals surface area (Å²) in [5, 5.41) is -0.0178. The van der Waals surface area contributed by atoms with Gasteiger partial charge in [0.05, 0.1) is 5.69 Å². The number of fused-ring (bicyclic) bond motifs is 1. The van der Waals surface area contributed by atoms with Crippen LogP contribution in [0.15, 0.2) is 18.2 Å². The number of hydrogen-bond donors (Lipinski definition) is 2. The smallest absolute Gasteiger partial charge is 0.264 e. The normalized spacial score (nSPS) is 16.7. The molecule has 1 heterocycles. The maximum absolute atomic E-state index is 11.5.